The van der Waals surface area contributed by atoms with E-state index in [0.717, 1.165) is 61.1 Å². The Hall–Kier alpha value is -3.04. The average Bonchev–Trinajstić information content (AvgIpc) is 3.80. The number of hydrogen-bond donors (Lipinski definition) is 2. The topological polar surface area (TPSA) is 72.5 Å². The Kier molecular flexibility index (Phi) is 11.2. The van der Waals surface area contributed by atoms with Crippen molar-refractivity contribution in [3.63, 3.8) is 0 Å². The molecule has 3 heterocycles. The summed E-state index contributed by atoms with van der Waals surface area (Å²) in [4.78, 5) is 19.0. The molecule has 2 N–H and O–H groups in total. The molecule has 2 aromatic carbocycles. The number of ether oxygens (including phenoxy) is 1. The van der Waals surface area contributed by atoms with E-state index in [1.165, 1.54) is 42.0 Å². The summed E-state index contributed by atoms with van der Waals surface area (Å²) >= 11 is 0. The van der Waals surface area contributed by atoms with Crippen molar-refractivity contribution in [3.05, 3.63) is 78.5 Å². The molecule has 1 aliphatic carbocycles. The molecule has 0 spiro atoms. The zero-order chi connectivity index (χ0) is 35.4. The summed E-state index contributed by atoms with van der Waals surface area (Å²) in [5.41, 5.74) is 1.58. The van der Waals surface area contributed by atoms with Crippen LogP contribution in [0.15, 0.2) is 72.8 Å². The van der Waals surface area contributed by atoms with Gasteiger partial charge in [-0.25, -0.2) is 0 Å². The molecular formula is C42H61N4O3Si+. The summed E-state index contributed by atoms with van der Waals surface area (Å²) in [6.07, 6.45) is 7.75. The number of carbonyl (C=O) groups is 1. The van der Waals surface area contributed by atoms with Gasteiger partial charge in [-0.2, -0.15) is 4.98 Å². The zero-order valence-electron chi connectivity index (χ0n) is 31.5. The number of hydrogen-bond acceptors (Lipinski definition) is 6. The number of rotatable bonds is 12. The standard InChI is InChI=1S/C42H61N4O3Si/c1-7-48-40(47)42(27-29-44-38-20-21-39(45-33(38)3)46(30-14-15-32(46)2)34-24-28-43-31-34)25-22-35(23-26-42)49-50(41(4,5)6,36-16-10-8-11-17-36)37-18-12-9-13-19-37/h8-13,16-21,32,34-35,43-44H,7,14-15,22-31H2,1-6H3/q+1/t32-,34+,35?,42?,46?/m0/s1. The molecule has 3 aromatic rings. The van der Waals surface area contributed by atoms with E-state index in [9.17, 15) is 4.79 Å². The third kappa shape index (κ3) is 6.93. The Morgan fingerprint density at radius 1 is 0.980 bits per heavy atom. The molecule has 3 atom stereocenters. The predicted molar refractivity (Wildman–Crippen MR) is 209 cm³/mol. The van der Waals surface area contributed by atoms with E-state index in [-0.39, 0.29) is 17.1 Å². The molecule has 3 aliphatic rings. The van der Waals surface area contributed by atoms with Crippen LogP contribution >= 0.6 is 0 Å². The highest BCUT2D eigenvalue weighted by molar-refractivity contribution is 6.99. The highest BCUT2D eigenvalue weighted by atomic mass is 28.4. The van der Waals surface area contributed by atoms with Crippen LogP contribution in [0.5, 0.6) is 0 Å². The lowest BCUT2D eigenvalue weighted by molar-refractivity contribution is -0.159. The van der Waals surface area contributed by atoms with Crippen LogP contribution in [0, 0.1) is 12.3 Å². The van der Waals surface area contributed by atoms with E-state index >= 15 is 0 Å². The van der Waals surface area contributed by atoms with Crippen LogP contribution in [0.1, 0.15) is 91.7 Å². The number of esters is 1. The van der Waals surface area contributed by atoms with Crippen LogP contribution in [0.4, 0.5) is 11.5 Å². The number of pyridine rings is 1. The molecule has 6 rings (SSSR count). The Morgan fingerprint density at radius 3 is 2.16 bits per heavy atom. The first-order chi connectivity index (χ1) is 24.1. The van der Waals surface area contributed by atoms with Crippen LogP contribution in [-0.2, 0) is 14.0 Å². The highest BCUT2D eigenvalue weighted by Gasteiger charge is 2.53. The van der Waals surface area contributed by atoms with Crippen molar-refractivity contribution < 1.29 is 14.0 Å². The number of nitrogens with one attached hydrogen (secondary N) is 2. The van der Waals surface area contributed by atoms with Crippen molar-refractivity contribution >= 4 is 36.2 Å². The largest absolute Gasteiger partial charge is 0.466 e. The van der Waals surface area contributed by atoms with Crippen molar-refractivity contribution in [2.45, 2.75) is 116 Å². The molecule has 1 saturated carbocycles. The van der Waals surface area contributed by atoms with Crippen LogP contribution in [0.2, 0.25) is 5.04 Å². The first kappa shape index (κ1) is 36.7. The maximum Gasteiger partial charge on any atom is 0.312 e. The van der Waals surface area contributed by atoms with Crippen LogP contribution < -0.4 is 25.5 Å². The summed E-state index contributed by atoms with van der Waals surface area (Å²) in [5, 5.41) is 9.81. The van der Waals surface area contributed by atoms with E-state index in [2.05, 4.69) is 118 Å². The number of benzene rings is 2. The zero-order valence-corrected chi connectivity index (χ0v) is 32.5. The fourth-order valence-corrected chi connectivity index (χ4v) is 14.4. The lowest BCUT2D eigenvalue weighted by Gasteiger charge is -2.47. The Labute approximate surface area is 302 Å². The molecule has 270 valence electrons. The third-order valence-corrected chi connectivity index (χ3v) is 17.5. The quantitative estimate of drug-likeness (QED) is 0.119. The minimum absolute atomic E-state index is 0.0597. The van der Waals surface area contributed by atoms with Gasteiger partial charge in [-0.05, 0) is 74.4 Å². The van der Waals surface area contributed by atoms with Gasteiger partial charge in [0, 0.05) is 51.1 Å². The van der Waals surface area contributed by atoms with E-state index in [1.54, 1.807) is 0 Å². The SMILES string of the molecule is CCOC(=O)C1(CCNc2ccc([N+]3([C@@H]4CCNC4)CCC[C@@H]3C)nc2C)CCC(O[Si](c2ccccc2)(c2ccccc2)C(C)(C)C)CC1. The first-order valence-corrected chi connectivity index (χ1v) is 21.2. The Bertz CT molecular complexity index is 1530. The Morgan fingerprint density at radius 2 is 1.64 bits per heavy atom. The second-order valence-electron chi connectivity index (χ2n) is 16.3. The van der Waals surface area contributed by atoms with Gasteiger partial charge in [0.2, 0.25) is 5.82 Å². The summed E-state index contributed by atoms with van der Waals surface area (Å²) in [7, 11) is -2.67. The van der Waals surface area contributed by atoms with Crippen molar-refractivity contribution in [2.24, 2.45) is 5.41 Å². The number of nitrogens with zero attached hydrogens (tertiary/aromatic N) is 2. The molecule has 2 saturated heterocycles. The summed E-state index contributed by atoms with van der Waals surface area (Å²) in [6.45, 7) is 17.9. The first-order valence-electron chi connectivity index (χ1n) is 19.3. The maximum absolute atomic E-state index is 13.7. The lowest BCUT2D eigenvalue weighted by Crippen LogP contribution is -2.68. The van der Waals surface area contributed by atoms with Crippen LogP contribution in [0.25, 0.3) is 0 Å². The van der Waals surface area contributed by atoms with Gasteiger partial charge < -0.3 is 19.8 Å². The van der Waals surface area contributed by atoms with Gasteiger partial charge in [0.15, 0.2) is 0 Å². The van der Waals surface area contributed by atoms with Crippen LogP contribution in [0.3, 0.4) is 0 Å². The molecule has 1 unspecified atom stereocenters. The highest BCUT2D eigenvalue weighted by Crippen LogP contribution is 2.45. The number of anilines is 1. The molecule has 1 aromatic heterocycles. The lowest BCUT2D eigenvalue weighted by atomic mass is 9.71. The molecule has 2 aliphatic heterocycles. The van der Waals surface area contributed by atoms with E-state index in [4.69, 9.17) is 14.1 Å². The van der Waals surface area contributed by atoms with E-state index in [1.807, 2.05) is 6.92 Å². The molecule has 50 heavy (non-hydrogen) atoms. The van der Waals surface area contributed by atoms with Gasteiger partial charge in [-0.1, -0.05) is 81.4 Å². The third-order valence-electron chi connectivity index (χ3n) is 12.4. The minimum atomic E-state index is -2.67. The van der Waals surface area contributed by atoms with Gasteiger partial charge in [0.25, 0.3) is 8.32 Å². The van der Waals surface area contributed by atoms with Crippen molar-refractivity contribution in [1.82, 2.24) is 14.8 Å². The molecule has 0 bridgehead atoms. The molecule has 0 radical (unpaired) electrons. The monoisotopic (exact) mass is 697 g/mol. The number of carbonyl (C=O) groups excluding carboxylic acids is 1. The molecule has 0 amide bonds. The number of quaternary nitrogens is 1. The van der Waals surface area contributed by atoms with Gasteiger partial charge >= 0.3 is 5.97 Å². The summed E-state index contributed by atoms with van der Waals surface area (Å²) in [6, 6.07) is 27.4. The van der Waals surface area contributed by atoms with E-state index < -0.39 is 13.7 Å². The van der Waals surface area contributed by atoms with Crippen molar-refractivity contribution in [2.75, 3.05) is 38.1 Å². The summed E-state index contributed by atoms with van der Waals surface area (Å²) in [5.74, 6) is 1.16. The van der Waals surface area contributed by atoms with Gasteiger partial charge in [-0.15, -0.1) is 0 Å². The fourth-order valence-electron chi connectivity index (χ4n) is 9.65. The molecule has 3 fully saturated rings. The second kappa shape index (κ2) is 15.3. The van der Waals surface area contributed by atoms with Gasteiger partial charge in [0.1, 0.15) is 6.04 Å². The average molecular weight is 698 g/mol. The number of aryl methyl sites for hydroxylation is 1. The molecular weight excluding hydrogens is 637 g/mol. The smallest absolute Gasteiger partial charge is 0.312 e. The predicted octanol–water partition coefficient (Wildman–Crippen LogP) is 7.11. The van der Waals surface area contributed by atoms with Gasteiger partial charge in [0.05, 0.1) is 36.0 Å². The normalized spacial score (nSPS) is 27.3. The number of aromatic nitrogens is 1. The number of likely N-dealkylation sites (tertiary alicyclic amines) is 1. The second-order valence-corrected chi connectivity index (χ2v) is 20.5. The minimum Gasteiger partial charge on any atom is -0.466 e. The van der Waals surface area contributed by atoms with Gasteiger partial charge in [-0.3, -0.25) is 9.28 Å². The van der Waals surface area contributed by atoms with E-state index in [0.29, 0.717) is 25.2 Å². The fraction of sp³-hybridized carbons (Fsp3) is 0.571. The van der Waals surface area contributed by atoms with Crippen LogP contribution in [-0.4, -0.2) is 70.2 Å². The molecule has 7 nitrogen and oxygen atoms in total. The maximum atomic E-state index is 13.7. The molecule has 8 heteroatoms. The Balaban J connectivity index is 1.17. The summed E-state index contributed by atoms with van der Waals surface area (Å²) < 4.78 is 14.3. The van der Waals surface area contributed by atoms with Crippen molar-refractivity contribution in [1.29, 1.82) is 0 Å². The van der Waals surface area contributed by atoms with Crippen molar-refractivity contribution in [3.8, 4) is 0 Å².